The zero-order valence-electron chi connectivity index (χ0n) is 15.8. The monoisotopic (exact) mass is 394 g/mol. The van der Waals surface area contributed by atoms with Crippen LogP contribution in [0.2, 0.25) is 0 Å². The summed E-state index contributed by atoms with van der Waals surface area (Å²) < 4.78 is 5.24. The van der Waals surface area contributed by atoms with Crippen LogP contribution in [0, 0.1) is 5.92 Å². The average Bonchev–Trinajstić information content (AvgIpc) is 2.73. The highest BCUT2D eigenvalue weighted by atomic mass is 35.5. The third kappa shape index (κ3) is 5.33. The van der Waals surface area contributed by atoms with Crippen molar-refractivity contribution in [1.82, 2.24) is 0 Å². The second-order valence-electron chi connectivity index (χ2n) is 6.47. The Morgan fingerprint density at radius 2 is 1.82 bits per heavy atom. The molecule has 1 N–H and O–H groups in total. The molecule has 0 saturated heterocycles. The maximum atomic E-state index is 12.4. The van der Waals surface area contributed by atoms with E-state index in [2.05, 4.69) is 10.3 Å². The molecule has 4 nitrogen and oxygen atoms in total. The number of ether oxygens (including phenoxy) is 1. The summed E-state index contributed by atoms with van der Waals surface area (Å²) in [7, 11) is 0. The topological polar surface area (TPSA) is 50.7 Å². The molecule has 0 fully saturated rings. The number of halogens is 1. The molecule has 144 valence electrons. The largest absolute Gasteiger partial charge is 0.466 e. The zero-order chi connectivity index (χ0) is 19.8. The summed E-state index contributed by atoms with van der Waals surface area (Å²) in [6.45, 7) is 2.18. The molecule has 0 heterocycles. The number of allylic oxidation sites excluding steroid dienone is 3. The molecule has 0 saturated carbocycles. The van der Waals surface area contributed by atoms with Crippen LogP contribution in [0.1, 0.15) is 19.8 Å². The van der Waals surface area contributed by atoms with Gasteiger partial charge >= 0.3 is 5.97 Å². The van der Waals surface area contributed by atoms with Gasteiger partial charge in [-0.1, -0.05) is 48.0 Å². The van der Waals surface area contributed by atoms with E-state index in [4.69, 9.17) is 16.3 Å². The summed E-state index contributed by atoms with van der Waals surface area (Å²) in [5.74, 6) is -0.480. The van der Waals surface area contributed by atoms with Gasteiger partial charge in [0.25, 0.3) is 0 Å². The Balaban J connectivity index is 1.87. The van der Waals surface area contributed by atoms with Gasteiger partial charge in [-0.15, -0.1) is 0 Å². The molecule has 0 aromatic heterocycles. The Kier molecular flexibility index (Phi) is 7.04. The summed E-state index contributed by atoms with van der Waals surface area (Å²) in [5, 5.41) is 3.88. The van der Waals surface area contributed by atoms with Gasteiger partial charge in [-0.3, -0.25) is 9.79 Å². The van der Waals surface area contributed by atoms with Gasteiger partial charge in [0.2, 0.25) is 0 Å². The Morgan fingerprint density at radius 1 is 1.14 bits per heavy atom. The summed E-state index contributed by atoms with van der Waals surface area (Å²) in [6, 6.07) is 19.5. The third-order valence-electron chi connectivity index (χ3n) is 4.43. The van der Waals surface area contributed by atoms with Crippen molar-refractivity contribution >= 4 is 35.2 Å². The lowest BCUT2D eigenvalue weighted by atomic mass is 9.86. The molecule has 0 radical (unpaired) electrons. The number of nitrogens with one attached hydrogen (secondary N) is 1. The second-order valence-corrected chi connectivity index (χ2v) is 6.85. The predicted octanol–water partition coefficient (Wildman–Crippen LogP) is 5.85. The van der Waals surface area contributed by atoms with E-state index in [0.717, 1.165) is 22.5 Å². The Hall–Kier alpha value is -2.85. The van der Waals surface area contributed by atoms with Crippen molar-refractivity contribution in [3.63, 3.8) is 0 Å². The molecule has 1 aliphatic carbocycles. The Morgan fingerprint density at radius 3 is 2.50 bits per heavy atom. The zero-order valence-corrected chi connectivity index (χ0v) is 16.5. The number of para-hydroxylation sites is 2. The summed E-state index contributed by atoms with van der Waals surface area (Å²) >= 11 is 6.66. The van der Waals surface area contributed by atoms with Gasteiger partial charge in [-0.2, -0.15) is 0 Å². The van der Waals surface area contributed by atoms with E-state index in [1.54, 1.807) is 6.21 Å². The quantitative estimate of drug-likeness (QED) is 0.493. The van der Waals surface area contributed by atoms with Gasteiger partial charge in [0, 0.05) is 23.1 Å². The maximum Gasteiger partial charge on any atom is 0.309 e. The molecular weight excluding hydrogens is 372 g/mol. The van der Waals surface area contributed by atoms with Crippen LogP contribution >= 0.6 is 11.6 Å². The molecule has 2 aromatic carbocycles. The van der Waals surface area contributed by atoms with Crippen molar-refractivity contribution in [1.29, 1.82) is 0 Å². The predicted molar refractivity (Wildman–Crippen MR) is 115 cm³/mol. The number of hydrogen-bond acceptors (Lipinski definition) is 4. The van der Waals surface area contributed by atoms with Crippen molar-refractivity contribution in [3.05, 3.63) is 83.0 Å². The fourth-order valence-electron chi connectivity index (χ4n) is 3.02. The number of carbonyl (C=O) groups is 1. The normalized spacial score (nSPS) is 18.5. The summed E-state index contributed by atoms with van der Waals surface area (Å²) in [5.41, 5.74) is 3.49. The lowest BCUT2D eigenvalue weighted by Gasteiger charge is -2.24. The summed E-state index contributed by atoms with van der Waals surface area (Å²) in [4.78, 5) is 16.9. The fraction of sp³-hybridized carbons (Fsp3) is 0.217. The van der Waals surface area contributed by atoms with Crippen molar-refractivity contribution in [2.24, 2.45) is 10.9 Å². The first kappa shape index (κ1) is 19.9. The number of anilines is 1. The molecule has 5 heteroatoms. The van der Waals surface area contributed by atoms with E-state index in [9.17, 15) is 4.79 Å². The van der Waals surface area contributed by atoms with Crippen molar-refractivity contribution in [3.8, 4) is 0 Å². The van der Waals surface area contributed by atoms with Crippen LogP contribution in [-0.4, -0.2) is 18.8 Å². The number of carbonyl (C=O) groups excluding carboxylic acids is 1. The Labute approximate surface area is 170 Å². The molecule has 28 heavy (non-hydrogen) atoms. The Bertz CT molecular complexity index is 889. The molecule has 2 aromatic rings. The minimum Gasteiger partial charge on any atom is -0.466 e. The van der Waals surface area contributed by atoms with Crippen LogP contribution < -0.4 is 5.32 Å². The van der Waals surface area contributed by atoms with E-state index in [1.807, 2.05) is 73.8 Å². The number of aliphatic imine (C=N–C) groups is 1. The maximum absolute atomic E-state index is 12.4. The molecule has 0 amide bonds. The minimum absolute atomic E-state index is 0.206. The molecule has 0 aliphatic heterocycles. The van der Waals surface area contributed by atoms with Crippen LogP contribution in [0.15, 0.2) is 88.0 Å². The second kappa shape index (κ2) is 9.90. The standard InChI is InChI=1S/C23H23ClN2O2/c1-2-28-23(27)17-13-18(15-25-20-9-5-3-6-10-20)22(24)19(14-17)16-26-21-11-7-4-8-12-21/h3-12,15-17,25H,2,13-14H2,1H3/b18-15+,26-16?. The smallest absolute Gasteiger partial charge is 0.309 e. The molecule has 1 aliphatic rings. The van der Waals surface area contributed by atoms with E-state index in [-0.39, 0.29) is 11.9 Å². The number of nitrogens with zero attached hydrogens (tertiary/aromatic N) is 1. The third-order valence-corrected chi connectivity index (χ3v) is 4.91. The van der Waals surface area contributed by atoms with E-state index < -0.39 is 0 Å². The van der Waals surface area contributed by atoms with Crippen molar-refractivity contribution in [2.75, 3.05) is 11.9 Å². The van der Waals surface area contributed by atoms with Crippen LogP contribution in [0.3, 0.4) is 0 Å². The van der Waals surface area contributed by atoms with Crippen LogP contribution in [0.25, 0.3) is 0 Å². The lowest BCUT2D eigenvalue weighted by Crippen LogP contribution is -2.23. The number of benzene rings is 2. The van der Waals surface area contributed by atoms with E-state index in [1.165, 1.54) is 0 Å². The van der Waals surface area contributed by atoms with Gasteiger partial charge in [0.05, 0.1) is 18.2 Å². The average molecular weight is 395 g/mol. The van der Waals surface area contributed by atoms with E-state index in [0.29, 0.717) is 24.5 Å². The van der Waals surface area contributed by atoms with Crippen LogP contribution in [0.5, 0.6) is 0 Å². The highest BCUT2D eigenvalue weighted by Gasteiger charge is 2.29. The van der Waals surface area contributed by atoms with Crippen LogP contribution in [-0.2, 0) is 9.53 Å². The molecular formula is C23H23ClN2O2. The highest BCUT2D eigenvalue weighted by molar-refractivity contribution is 6.34. The van der Waals surface area contributed by atoms with Gasteiger partial charge in [-0.05, 0) is 55.2 Å². The number of rotatable bonds is 6. The van der Waals surface area contributed by atoms with Crippen molar-refractivity contribution in [2.45, 2.75) is 19.8 Å². The van der Waals surface area contributed by atoms with E-state index >= 15 is 0 Å². The number of esters is 1. The first-order chi connectivity index (χ1) is 13.7. The van der Waals surface area contributed by atoms with Gasteiger partial charge in [0.15, 0.2) is 0 Å². The van der Waals surface area contributed by atoms with Gasteiger partial charge in [0.1, 0.15) is 0 Å². The molecule has 0 spiro atoms. The van der Waals surface area contributed by atoms with Gasteiger partial charge < -0.3 is 10.1 Å². The van der Waals surface area contributed by atoms with Crippen molar-refractivity contribution < 1.29 is 9.53 Å². The first-order valence-electron chi connectivity index (χ1n) is 9.32. The minimum atomic E-state index is -0.275. The molecule has 1 unspecified atom stereocenters. The SMILES string of the molecule is CCOC(=O)C1CC(C=Nc2ccccc2)=C(Cl)/C(=C/Nc2ccccc2)C1. The fourth-order valence-corrected chi connectivity index (χ4v) is 3.28. The highest BCUT2D eigenvalue weighted by Crippen LogP contribution is 2.36. The first-order valence-corrected chi connectivity index (χ1v) is 9.70. The lowest BCUT2D eigenvalue weighted by molar-refractivity contribution is -0.147. The molecule has 3 rings (SSSR count). The number of hydrogen-bond donors (Lipinski definition) is 1. The molecule has 0 bridgehead atoms. The molecule has 1 atom stereocenters. The van der Waals surface area contributed by atoms with Gasteiger partial charge in [-0.25, -0.2) is 0 Å². The summed E-state index contributed by atoms with van der Waals surface area (Å²) in [6.07, 6.45) is 4.65. The van der Waals surface area contributed by atoms with Crippen LogP contribution in [0.4, 0.5) is 11.4 Å².